The maximum atomic E-state index is 13.7. The minimum Gasteiger partial charge on any atom is -0.367 e. The van der Waals surface area contributed by atoms with E-state index in [2.05, 4.69) is 29.0 Å². The van der Waals surface area contributed by atoms with Crippen LogP contribution in [0.4, 0.5) is 13.2 Å². The normalized spacial score (nSPS) is 26.6. The number of piperazine rings is 1. The Bertz CT molecular complexity index is 1200. The molecule has 1 saturated heterocycles. The van der Waals surface area contributed by atoms with Gasteiger partial charge in [-0.15, -0.1) is 0 Å². The van der Waals surface area contributed by atoms with Gasteiger partial charge in [-0.05, 0) is 43.8 Å². The topological polar surface area (TPSA) is 52.9 Å². The number of carbonyl (C=O) groups is 1. The number of hydrogen-bond donors (Lipinski definition) is 1. The lowest BCUT2D eigenvalue weighted by Crippen LogP contribution is -2.54. The number of hydrogen-bond acceptors (Lipinski definition) is 4. The molecule has 3 aliphatic heterocycles. The van der Waals surface area contributed by atoms with Crippen molar-refractivity contribution < 1.29 is 18.0 Å². The van der Waals surface area contributed by atoms with Crippen LogP contribution in [0, 0.1) is 6.92 Å². The van der Waals surface area contributed by atoms with Crippen LogP contribution in [0.3, 0.4) is 0 Å². The number of aryl methyl sites for hydroxylation is 1. The van der Waals surface area contributed by atoms with E-state index in [-0.39, 0.29) is 25.9 Å². The van der Waals surface area contributed by atoms with Crippen LogP contribution in [0.25, 0.3) is 11.0 Å². The fourth-order valence-electron chi connectivity index (χ4n) is 4.73. The number of aromatic nitrogens is 2. The first-order chi connectivity index (χ1) is 15.6. The summed E-state index contributed by atoms with van der Waals surface area (Å²) in [7, 11) is 0.135. The first kappa shape index (κ1) is 22.2. The van der Waals surface area contributed by atoms with E-state index in [1.165, 1.54) is 10.5 Å². The number of rotatable bonds is 2. The van der Waals surface area contributed by atoms with E-state index in [9.17, 15) is 18.0 Å². The van der Waals surface area contributed by atoms with Crippen molar-refractivity contribution >= 4 is 25.4 Å². The van der Waals surface area contributed by atoms with Crippen molar-refractivity contribution in [1.82, 2.24) is 24.5 Å². The molecule has 0 bridgehead atoms. The largest absolute Gasteiger partial charge is 0.420 e. The van der Waals surface area contributed by atoms with Crippen LogP contribution in [0.2, 0.25) is 0 Å². The van der Waals surface area contributed by atoms with Gasteiger partial charge in [-0.2, -0.15) is 13.2 Å². The molecule has 0 aliphatic carbocycles. The molecule has 10 heteroatoms. The van der Waals surface area contributed by atoms with Crippen molar-refractivity contribution in [3.8, 4) is 0 Å². The van der Waals surface area contributed by atoms with Gasteiger partial charge in [-0.25, -0.2) is 4.98 Å². The van der Waals surface area contributed by atoms with E-state index in [4.69, 9.17) is 0 Å². The van der Waals surface area contributed by atoms with Gasteiger partial charge in [-0.3, -0.25) is 4.79 Å². The van der Waals surface area contributed by atoms with Crippen LogP contribution in [0.1, 0.15) is 30.7 Å². The first-order valence-corrected chi connectivity index (χ1v) is 11.9. The molecule has 1 amide bonds. The second kappa shape index (κ2) is 7.99. The zero-order valence-electron chi connectivity index (χ0n) is 18.5. The number of pyridine rings is 1. The third-order valence-electron chi connectivity index (χ3n) is 6.06. The standard InChI is InChI=1S/C23H25F3N5OP/c1-13-8-29(9-14(2)27-13)17-4-5-21-31(12-17)20(32)7-19(33-21)16-6-18(23(24,25)26)22-28-15(3)10-30(22)11-16/h4-7,10-14,21,27,33H,8-9H2,1-3H3/t13-,14+,21?. The molecule has 174 valence electrons. The van der Waals surface area contributed by atoms with Gasteiger partial charge in [-0.1, -0.05) is 14.7 Å². The molecule has 2 aromatic rings. The number of fused-ring (bicyclic) bond motifs is 2. The summed E-state index contributed by atoms with van der Waals surface area (Å²) in [4.78, 5) is 21.0. The number of carbonyl (C=O) groups excluding carboxylic acids is 1. The summed E-state index contributed by atoms with van der Waals surface area (Å²) in [6.07, 6.45) is 6.02. The number of allylic oxidation sites excluding steroid dienone is 1. The number of imidazole rings is 1. The second-order valence-electron chi connectivity index (χ2n) is 8.93. The molecule has 0 aromatic carbocycles. The molecular weight excluding hydrogens is 450 g/mol. The van der Waals surface area contributed by atoms with Crippen LogP contribution < -0.4 is 5.32 Å². The molecule has 1 N–H and O–H groups in total. The monoisotopic (exact) mass is 475 g/mol. The van der Waals surface area contributed by atoms with Gasteiger partial charge < -0.3 is 19.5 Å². The maximum Gasteiger partial charge on any atom is 0.420 e. The predicted octanol–water partition coefficient (Wildman–Crippen LogP) is 3.94. The lowest BCUT2D eigenvalue weighted by molar-refractivity contribution is -0.136. The molecule has 6 nitrogen and oxygen atoms in total. The Morgan fingerprint density at radius 3 is 2.61 bits per heavy atom. The fraction of sp³-hybridized carbons (Fsp3) is 0.391. The van der Waals surface area contributed by atoms with Crippen LogP contribution >= 0.6 is 8.58 Å². The predicted molar refractivity (Wildman–Crippen MR) is 123 cm³/mol. The van der Waals surface area contributed by atoms with E-state index in [0.29, 0.717) is 28.7 Å². The Morgan fingerprint density at radius 1 is 1.18 bits per heavy atom. The summed E-state index contributed by atoms with van der Waals surface area (Å²) in [5.74, 6) is -0.420. The second-order valence-corrected chi connectivity index (χ2v) is 10.4. The number of nitrogens with zero attached hydrogens (tertiary/aromatic N) is 4. The fourth-order valence-corrected chi connectivity index (χ4v) is 6.10. The highest BCUT2D eigenvalue weighted by Gasteiger charge is 2.36. The SMILES string of the molecule is Cc1cn2cc(C3=CC(=O)N4C=C(N5C[C@@H](C)N[C@@H](C)C5)C=CC4P3)cc(C(F)(F)F)c2n1. The number of halogens is 3. The Balaban J connectivity index is 1.47. The molecule has 0 radical (unpaired) electrons. The molecule has 33 heavy (non-hydrogen) atoms. The van der Waals surface area contributed by atoms with Crippen molar-refractivity contribution in [2.24, 2.45) is 0 Å². The molecule has 1 fully saturated rings. The molecule has 4 atom stereocenters. The Morgan fingerprint density at radius 2 is 1.91 bits per heavy atom. The maximum absolute atomic E-state index is 13.7. The van der Waals surface area contributed by atoms with Crippen LogP contribution in [0.5, 0.6) is 0 Å². The first-order valence-electron chi connectivity index (χ1n) is 10.9. The van der Waals surface area contributed by atoms with Gasteiger partial charge in [0.2, 0.25) is 0 Å². The van der Waals surface area contributed by atoms with Crippen molar-refractivity contribution in [3.63, 3.8) is 0 Å². The van der Waals surface area contributed by atoms with Crippen LogP contribution in [-0.2, 0) is 11.0 Å². The lowest BCUT2D eigenvalue weighted by atomic mass is 10.1. The summed E-state index contributed by atoms with van der Waals surface area (Å²) in [5.41, 5.74) is 0.963. The van der Waals surface area contributed by atoms with Gasteiger partial charge in [0.05, 0.1) is 22.7 Å². The molecule has 0 spiro atoms. The van der Waals surface area contributed by atoms with Gasteiger partial charge in [0.1, 0.15) is 5.65 Å². The van der Waals surface area contributed by atoms with E-state index >= 15 is 0 Å². The van der Waals surface area contributed by atoms with E-state index in [1.54, 1.807) is 24.2 Å². The molecule has 2 aromatic heterocycles. The molecule has 3 aliphatic rings. The highest BCUT2D eigenvalue weighted by molar-refractivity contribution is 7.51. The summed E-state index contributed by atoms with van der Waals surface area (Å²) in [5, 5.41) is 4.11. The average molecular weight is 475 g/mol. The van der Waals surface area contributed by atoms with Gasteiger partial charge >= 0.3 is 6.18 Å². The zero-order chi connectivity index (χ0) is 23.5. The Hall–Kier alpha value is -2.64. The third kappa shape index (κ3) is 4.20. The molecular formula is C23H25F3N5OP. The third-order valence-corrected chi connectivity index (χ3v) is 7.57. The summed E-state index contributed by atoms with van der Waals surface area (Å²) >= 11 is 0. The minimum atomic E-state index is -4.54. The highest BCUT2D eigenvalue weighted by Crippen LogP contribution is 2.46. The summed E-state index contributed by atoms with van der Waals surface area (Å²) in [6.45, 7) is 7.62. The van der Waals surface area contributed by atoms with E-state index < -0.39 is 11.7 Å². The summed E-state index contributed by atoms with van der Waals surface area (Å²) < 4.78 is 42.6. The Kier molecular flexibility index (Phi) is 5.37. The summed E-state index contributed by atoms with van der Waals surface area (Å²) in [6, 6.07) is 1.80. The van der Waals surface area contributed by atoms with E-state index in [0.717, 1.165) is 24.9 Å². The number of nitrogens with one attached hydrogen (secondary N) is 1. The van der Waals surface area contributed by atoms with Crippen molar-refractivity contribution in [2.75, 3.05) is 13.1 Å². The molecule has 2 unspecified atom stereocenters. The van der Waals surface area contributed by atoms with Gasteiger partial charge in [0.15, 0.2) is 0 Å². The van der Waals surface area contributed by atoms with Gasteiger partial charge in [0.25, 0.3) is 5.91 Å². The quantitative estimate of drug-likeness (QED) is 0.669. The van der Waals surface area contributed by atoms with Gasteiger partial charge in [0, 0.05) is 49.8 Å². The van der Waals surface area contributed by atoms with Crippen molar-refractivity contribution in [1.29, 1.82) is 0 Å². The smallest absolute Gasteiger partial charge is 0.367 e. The van der Waals surface area contributed by atoms with E-state index in [1.807, 2.05) is 18.4 Å². The lowest BCUT2D eigenvalue weighted by Gasteiger charge is -2.41. The molecule has 5 rings (SSSR count). The molecule has 0 saturated carbocycles. The van der Waals surface area contributed by atoms with Crippen molar-refractivity contribution in [3.05, 3.63) is 65.4 Å². The minimum absolute atomic E-state index is 0.124. The number of amides is 1. The van der Waals surface area contributed by atoms with Crippen molar-refractivity contribution in [2.45, 2.75) is 44.8 Å². The van der Waals surface area contributed by atoms with Crippen LogP contribution in [-0.4, -0.2) is 56.0 Å². The van der Waals surface area contributed by atoms with Crippen LogP contribution in [0.15, 0.2) is 48.6 Å². The average Bonchev–Trinajstić information content (AvgIpc) is 3.11. The zero-order valence-corrected chi connectivity index (χ0v) is 19.5. The number of alkyl halides is 3. The Labute approximate surface area is 191 Å². The molecule has 5 heterocycles. The highest BCUT2D eigenvalue weighted by atomic mass is 31.1.